The monoisotopic (exact) mass is 384 g/mol. The molecule has 0 aliphatic carbocycles. The van der Waals surface area contributed by atoms with Crippen LogP contribution in [0.4, 0.5) is 0 Å². The Balaban J connectivity index is 1.98. The van der Waals surface area contributed by atoms with Gasteiger partial charge in [0.05, 0.1) is 23.9 Å². The number of hydrogen-bond donors (Lipinski definition) is 0. The van der Waals surface area contributed by atoms with Gasteiger partial charge in [0.25, 0.3) is 0 Å². The lowest BCUT2D eigenvalue weighted by Gasteiger charge is -2.13. The number of aryl methyl sites for hydroxylation is 1. The summed E-state index contributed by atoms with van der Waals surface area (Å²) < 4.78 is 10.8. The predicted octanol–water partition coefficient (Wildman–Crippen LogP) is 5.21. The second-order valence-corrected chi connectivity index (χ2v) is 6.73. The molecule has 0 radical (unpaired) electrons. The SMILES string of the molecule is COc1ccc(OC(C)=O)c(-c2nc(-c3ccc(C)cc3)c3ccccc3n2)c1. The minimum Gasteiger partial charge on any atom is -0.497 e. The second kappa shape index (κ2) is 7.72. The molecule has 0 aliphatic rings. The lowest BCUT2D eigenvalue weighted by molar-refractivity contribution is -0.131. The molecule has 0 saturated heterocycles. The van der Waals surface area contributed by atoms with Gasteiger partial charge in [0.1, 0.15) is 11.5 Å². The van der Waals surface area contributed by atoms with Crippen LogP contribution < -0.4 is 9.47 Å². The molecule has 3 aromatic carbocycles. The highest BCUT2D eigenvalue weighted by Gasteiger charge is 2.16. The van der Waals surface area contributed by atoms with E-state index in [1.165, 1.54) is 12.5 Å². The fraction of sp³-hybridized carbons (Fsp3) is 0.125. The highest BCUT2D eigenvalue weighted by atomic mass is 16.5. The van der Waals surface area contributed by atoms with Crippen molar-refractivity contribution in [2.24, 2.45) is 0 Å². The summed E-state index contributed by atoms with van der Waals surface area (Å²) in [6.07, 6.45) is 0. The summed E-state index contributed by atoms with van der Waals surface area (Å²) in [6, 6.07) is 21.3. The fourth-order valence-corrected chi connectivity index (χ4v) is 3.18. The third-order valence-corrected chi connectivity index (χ3v) is 4.61. The van der Waals surface area contributed by atoms with E-state index in [4.69, 9.17) is 19.4 Å². The maximum Gasteiger partial charge on any atom is 0.308 e. The topological polar surface area (TPSA) is 61.3 Å². The van der Waals surface area contributed by atoms with Crippen LogP contribution in [0, 0.1) is 6.92 Å². The van der Waals surface area contributed by atoms with Crippen molar-refractivity contribution >= 4 is 16.9 Å². The van der Waals surface area contributed by atoms with E-state index in [1.807, 2.05) is 36.4 Å². The van der Waals surface area contributed by atoms with Crippen LogP contribution in [-0.2, 0) is 4.79 Å². The molecule has 0 N–H and O–H groups in total. The van der Waals surface area contributed by atoms with Gasteiger partial charge in [-0.2, -0.15) is 0 Å². The molecule has 0 amide bonds. The van der Waals surface area contributed by atoms with Gasteiger partial charge in [-0.25, -0.2) is 9.97 Å². The van der Waals surface area contributed by atoms with Gasteiger partial charge in [-0.1, -0.05) is 48.0 Å². The van der Waals surface area contributed by atoms with Crippen molar-refractivity contribution in [1.29, 1.82) is 0 Å². The van der Waals surface area contributed by atoms with Gasteiger partial charge >= 0.3 is 5.97 Å². The quantitative estimate of drug-likeness (QED) is 0.357. The Morgan fingerprint density at radius 3 is 2.41 bits per heavy atom. The van der Waals surface area contributed by atoms with Crippen LogP contribution >= 0.6 is 0 Å². The summed E-state index contributed by atoms with van der Waals surface area (Å²) >= 11 is 0. The largest absolute Gasteiger partial charge is 0.497 e. The molecular weight excluding hydrogens is 364 g/mol. The van der Waals surface area contributed by atoms with Crippen molar-refractivity contribution < 1.29 is 14.3 Å². The molecular formula is C24H20N2O3. The molecule has 0 atom stereocenters. The zero-order valence-corrected chi connectivity index (χ0v) is 16.5. The van der Waals surface area contributed by atoms with Crippen LogP contribution in [0.3, 0.4) is 0 Å². The van der Waals surface area contributed by atoms with Crippen LogP contribution in [0.25, 0.3) is 33.5 Å². The molecule has 4 aromatic rings. The number of nitrogens with zero attached hydrogens (tertiary/aromatic N) is 2. The van der Waals surface area contributed by atoms with Gasteiger partial charge in [0, 0.05) is 17.9 Å². The first-order chi connectivity index (χ1) is 14.0. The summed E-state index contributed by atoms with van der Waals surface area (Å²) in [4.78, 5) is 21.2. The number of benzene rings is 3. The highest BCUT2D eigenvalue weighted by molar-refractivity contribution is 5.94. The maximum atomic E-state index is 11.6. The number of hydrogen-bond acceptors (Lipinski definition) is 5. The Hall–Kier alpha value is -3.73. The van der Waals surface area contributed by atoms with Gasteiger partial charge in [-0.15, -0.1) is 0 Å². The first-order valence-electron chi connectivity index (χ1n) is 9.26. The number of carbonyl (C=O) groups is 1. The zero-order valence-electron chi connectivity index (χ0n) is 16.5. The van der Waals surface area contributed by atoms with E-state index in [0.29, 0.717) is 22.9 Å². The van der Waals surface area contributed by atoms with Gasteiger partial charge in [0.15, 0.2) is 5.82 Å². The number of fused-ring (bicyclic) bond motifs is 1. The van der Waals surface area contributed by atoms with Crippen LogP contribution in [0.2, 0.25) is 0 Å². The highest BCUT2D eigenvalue weighted by Crippen LogP contribution is 2.35. The molecule has 0 spiro atoms. The Morgan fingerprint density at radius 2 is 1.69 bits per heavy atom. The van der Waals surface area contributed by atoms with Crippen molar-refractivity contribution in [3.8, 4) is 34.1 Å². The van der Waals surface area contributed by atoms with E-state index < -0.39 is 5.97 Å². The number of para-hydroxylation sites is 1. The van der Waals surface area contributed by atoms with Crippen molar-refractivity contribution in [3.63, 3.8) is 0 Å². The molecule has 0 fully saturated rings. The van der Waals surface area contributed by atoms with Crippen LogP contribution in [0.15, 0.2) is 66.7 Å². The van der Waals surface area contributed by atoms with E-state index in [-0.39, 0.29) is 0 Å². The lowest BCUT2D eigenvalue weighted by atomic mass is 10.0. The third kappa shape index (κ3) is 3.80. The normalized spacial score (nSPS) is 10.7. The molecule has 0 aliphatic heterocycles. The Bertz CT molecular complexity index is 1200. The summed E-state index contributed by atoms with van der Waals surface area (Å²) in [6.45, 7) is 3.42. The molecule has 4 rings (SSSR count). The number of carbonyl (C=O) groups excluding carboxylic acids is 1. The van der Waals surface area contributed by atoms with Crippen LogP contribution in [0.5, 0.6) is 11.5 Å². The molecule has 0 bridgehead atoms. The van der Waals surface area contributed by atoms with Gasteiger partial charge in [-0.3, -0.25) is 4.79 Å². The Kier molecular flexibility index (Phi) is 4.96. The minimum atomic E-state index is -0.407. The van der Waals surface area contributed by atoms with Crippen LogP contribution in [0.1, 0.15) is 12.5 Å². The van der Waals surface area contributed by atoms with Gasteiger partial charge < -0.3 is 9.47 Å². The average Bonchev–Trinajstić information content (AvgIpc) is 2.73. The van der Waals surface area contributed by atoms with E-state index in [1.54, 1.807) is 25.3 Å². The molecule has 1 aromatic heterocycles. The minimum absolute atomic E-state index is 0.392. The molecule has 5 nitrogen and oxygen atoms in total. The van der Waals surface area contributed by atoms with Crippen molar-refractivity contribution in [2.45, 2.75) is 13.8 Å². The fourth-order valence-electron chi connectivity index (χ4n) is 3.18. The van der Waals surface area contributed by atoms with E-state index in [0.717, 1.165) is 22.2 Å². The summed E-state index contributed by atoms with van der Waals surface area (Å²) in [5.41, 5.74) is 4.40. The molecule has 29 heavy (non-hydrogen) atoms. The average molecular weight is 384 g/mol. The van der Waals surface area contributed by atoms with Gasteiger partial charge in [-0.05, 0) is 31.2 Å². The maximum absolute atomic E-state index is 11.6. The van der Waals surface area contributed by atoms with Crippen molar-refractivity contribution in [1.82, 2.24) is 9.97 Å². The van der Waals surface area contributed by atoms with E-state index in [2.05, 4.69) is 19.1 Å². The summed E-state index contributed by atoms with van der Waals surface area (Å²) in [7, 11) is 1.59. The molecule has 0 saturated carbocycles. The predicted molar refractivity (Wildman–Crippen MR) is 113 cm³/mol. The van der Waals surface area contributed by atoms with Gasteiger partial charge in [0.2, 0.25) is 0 Å². The zero-order chi connectivity index (χ0) is 20.4. The molecule has 1 heterocycles. The molecule has 5 heteroatoms. The van der Waals surface area contributed by atoms with Crippen molar-refractivity contribution in [3.05, 3.63) is 72.3 Å². The Morgan fingerprint density at radius 1 is 0.931 bits per heavy atom. The van der Waals surface area contributed by atoms with E-state index in [9.17, 15) is 4.79 Å². The number of rotatable bonds is 4. The summed E-state index contributed by atoms with van der Waals surface area (Å²) in [5.74, 6) is 1.08. The number of ether oxygens (including phenoxy) is 2. The van der Waals surface area contributed by atoms with Crippen molar-refractivity contribution in [2.75, 3.05) is 7.11 Å². The van der Waals surface area contributed by atoms with Crippen LogP contribution in [-0.4, -0.2) is 23.0 Å². The number of aromatic nitrogens is 2. The Labute approximate surface area is 169 Å². The standard InChI is InChI=1S/C24H20N2O3/c1-15-8-10-17(11-9-15)23-19-6-4-5-7-21(19)25-24(26-23)20-14-18(28-3)12-13-22(20)29-16(2)27/h4-14H,1-3H3. The first-order valence-corrected chi connectivity index (χ1v) is 9.26. The molecule has 144 valence electrons. The first kappa shape index (κ1) is 18.6. The third-order valence-electron chi connectivity index (χ3n) is 4.61. The number of esters is 1. The molecule has 0 unspecified atom stereocenters. The summed E-state index contributed by atoms with van der Waals surface area (Å²) in [5, 5.41) is 0.956. The lowest BCUT2D eigenvalue weighted by Crippen LogP contribution is -2.04. The van der Waals surface area contributed by atoms with E-state index >= 15 is 0 Å². The second-order valence-electron chi connectivity index (χ2n) is 6.73. The smallest absolute Gasteiger partial charge is 0.308 e. The number of methoxy groups -OCH3 is 1.